The molecule has 2 heterocycles. The molecular weight excluding hydrogens is 264 g/mol. The Morgan fingerprint density at radius 3 is 1.10 bits per heavy atom. The Hall–Kier alpha value is -2.12. The van der Waals surface area contributed by atoms with Gasteiger partial charge in [0.15, 0.2) is 0 Å². The van der Waals surface area contributed by atoms with E-state index in [2.05, 4.69) is 21.3 Å². The molecule has 2 atom stereocenters. The van der Waals surface area contributed by atoms with Crippen molar-refractivity contribution in [3.05, 3.63) is 0 Å². The monoisotopic (exact) mass is 284 g/mol. The second kappa shape index (κ2) is 6.36. The zero-order valence-electron chi connectivity index (χ0n) is 11.9. The number of urea groups is 2. The Bertz CT molecular complexity index is 393. The molecule has 0 saturated carbocycles. The van der Waals surface area contributed by atoms with Crippen molar-refractivity contribution in [1.29, 1.82) is 0 Å². The first-order chi connectivity index (χ1) is 9.22. The number of rotatable bonds is 2. The van der Waals surface area contributed by atoms with Crippen molar-refractivity contribution in [2.45, 2.75) is 39.8 Å². The second-order valence-corrected chi connectivity index (χ2v) is 5.37. The van der Waals surface area contributed by atoms with E-state index in [-0.39, 0.29) is 47.8 Å². The third kappa shape index (κ3) is 3.94. The number of imide groups is 2. The third-order valence-corrected chi connectivity index (χ3v) is 2.94. The molecule has 8 heteroatoms. The van der Waals surface area contributed by atoms with E-state index in [9.17, 15) is 19.2 Å². The van der Waals surface area contributed by atoms with Crippen LogP contribution in [-0.4, -0.2) is 36.0 Å². The summed E-state index contributed by atoms with van der Waals surface area (Å²) in [5.41, 5.74) is 0. The summed E-state index contributed by atoms with van der Waals surface area (Å²) in [7, 11) is 0. The maximum atomic E-state index is 10.8. The Labute approximate surface area is 117 Å². The molecule has 6 amide bonds. The fraction of sp³-hybridized carbons (Fsp3) is 0.667. The number of amides is 6. The molecule has 2 rings (SSSR count). The van der Waals surface area contributed by atoms with Crippen LogP contribution in [-0.2, 0) is 9.59 Å². The Morgan fingerprint density at radius 2 is 1.00 bits per heavy atom. The molecule has 2 saturated heterocycles. The summed E-state index contributed by atoms with van der Waals surface area (Å²) in [6, 6.07) is -1.45. The molecule has 0 aliphatic carbocycles. The van der Waals surface area contributed by atoms with Gasteiger partial charge < -0.3 is 10.6 Å². The number of carbonyl (C=O) groups excluding carboxylic acids is 4. The molecule has 4 N–H and O–H groups in total. The van der Waals surface area contributed by atoms with E-state index in [1.807, 2.05) is 27.7 Å². The highest BCUT2D eigenvalue weighted by atomic mass is 16.2. The second-order valence-electron chi connectivity index (χ2n) is 5.37. The smallest absolute Gasteiger partial charge is 0.322 e. The van der Waals surface area contributed by atoms with Crippen LogP contribution in [0.5, 0.6) is 0 Å². The van der Waals surface area contributed by atoms with E-state index in [1.54, 1.807) is 0 Å². The van der Waals surface area contributed by atoms with Crippen molar-refractivity contribution < 1.29 is 19.2 Å². The Morgan fingerprint density at radius 1 is 0.700 bits per heavy atom. The topological polar surface area (TPSA) is 116 Å². The van der Waals surface area contributed by atoms with Crippen LogP contribution in [0.4, 0.5) is 9.59 Å². The standard InChI is InChI=1S/2C6H10N2O2/c2*1-3(2)4-5(9)8-6(10)7-4/h2*3-4H,1-2H3,(H2,7,8,9,10). The largest absolute Gasteiger partial charge is 0.326 e. The lowest BCUT2D eigenvalue weighted by molar-refractivity contribution is -0.121. The first-order valence-corrected chi connectivity index (χ1v) is 6.45. The lowest BCUT2D eigenvalue weighted by Crippen LogP contribution is -2.33. The highest BCUT2D eigenvalue weighted by Crippen LogP contribution is 2.05. The molecule has 20 heavy (non-hydrogen) atoms. The molecular formula is C12H20N4O4. The molecule has 8 nitrogen and oxygen atoms in total. The van der Waals surface area contributed by atoms with Gasteiger partial charge in [0.25, 0.3) is 11.8 Å². The van der Waals surface area contributed by atoms with Crippen molar-refractivity contribution in [3.63, 3.8) is 0 Å². The summed E-state index contributed by atoms with van der Waals surface area (Å²) in [6.07, 6.45) is 0. The maximum Gasteiger partial charge on any atom is 0.322 e. The van der Waals surface area contributed by atoms with Gasteiger partial charge in [-0.1, -0.05) is 27.7 Å². The number of hydrogen-bond donors (Lipinski definition) is 4. The molecule has 0 aromatic carbocycles. The fourth-order valence-electron chi connectivity index (χ4n) is 1.80. The van der Waals surface area contributed by atoms with Crippen LogP contribution >= 0.6 is 0 Å². The number of nitrogens with one attached hydrogen (secondary N) is 4. The van der Waals surface area contributed by atoms with Crippen LogP contribution in [0, 0.1) is 11.8 Å². The summed E-state index contributed by atoms with van der Waals surface area (Å²) in [5.74, 6) is -0.127. The molecule has 2 aliphatic rings. The lowest BCUT2D eigenvalue weighted by Gasteiger charge is -2.09. The van der Waals surface area contributed by atoms with Gasteiger partial charge in [0.05, 0.1) is 0 Å². The van der Waals surface area contributed by atoms with Crippen molar-refractivity contribution in [3.8, 4) is 0 Å². The minimum absolute atomic E-state index is 0.159. The summed E-state index contributed by atoms with van der Waals surface area (Å²) in [6.45, 7) is 7.54. The third-order valence-electron chi connectivity index (χ3n) is 2.94. The van der Waals surface area contributed by atoms with Crippen LogP contribution in [0.1, 0.15) is 27.7 Å². The average Bonchev–Trinajstić information content (AvgIpc) is 2.82. The van der Waals surface area contributed by atoms with Gasteiger partial charge in [0.2, 0.25) is 0 Å². The summed E-state index contributed by atoms with van der Waals surface area (Å²) >= 11 is 0. The summed E-state index contributed by atoms with van der Waals surface area (Å²) in [5, 5.41) is 9.33. The van der Waals surface area contributed by atoms with Gasteiger partial charge in [-0.05, 0) is 11.8 Å². The van der Waals surface area contributed by atoms with Gasteiger partial charge >= 0.3 is 12.1 Å². The minimum Gasteiger partial charge on any atom is -0.326 e. The van der Waals surface area contributed by atoms with Crippen LogP contribution in [0.3, 0.4) is 0 Å². The van der Waals surface area contributed by atoms with Gasteiger partial charge in [-0.3, -0.25) is 20.2 Å². The molecule has 0 radical (unpaired) electrons. The highest BCUT2D eigenvalue weighted by molar-refractivity contribution is 6.04. The normalized spacial score (nSPS) is 24.9. The van der Waals surface area contributed by atoms with Crippen LogP contribution in [0.25, 0.3) is 0 Å². The lowest BCUT2D eigenvalue weighted by atomic mass is 10.1. The molecule has 2 unspecified atom stereocenters. The van der Waals surface area contributed by atoms with Crippen molar-refractivity contribution >= 4 is 23.9 Å². The number of carbonyl (C=O) groups is 4. The van der Waals surface area contributed by atoms with Gasteiger partial charge in [-0.2, -0.15) is 0 Å². The predicted octanol–water partition coefficient (Wildman–Crippen LogP) is -0.299. The Kier molecular flexibility index (Phi) is 5.06. The van der Waals surface area contributed by atoms with E-state index in [4.69, 9.17) is 0 Å². The fourth-order valence-corrected chi connectivity index (χ4v) is 1.80. The zero-order chi connectivity index (χ0) is 15.4. The van der Waals surface area contributed by atoms with Crippen molar-refractivity contribution in [2.75, 3.05) is 0 Å². The van der Waals surface area contributed by atoms with E-state index in [0.717, 1.165) is 0 Å². The van der Waals surface area contributed by atoms with E-state index >= 15 is 0 Å². The van der Waals surface area contributed by atoms with Gasteiger partial charge in [-0.25, -0.2) is 9.59 Å². The first-order valence-electron chi connectivity index (χ1n) is 6.45. The Balaban J connectivity index is 0.000000200. The van der Waals surface area contributed by atoms with Crippen molar-refractivity contribution in [2.24, 2.45) is 11.8 Å². The minimum atomic E-state index is -0.385. The van der Waals surface area contributed by atoms with E-state index < -0.39 is 0 Å². The first kappa shape index (κ1) is 15.9. The quantitative estimate of drug-likeness (QED) is 0.521. The summed E-state index contributed by atoms with van der Waals surface area (Å²) in [4.78, 5) is 42.7. The van der Waals surface area contributed by atoms with Crippen LogP contribution in [0.15, 0.2) is 0 Å². The summed E-state index contributed by atoms with van der Waals surface area (Å²) < 4.78 is 0. The van der Waals surface area contributed by atoms with Crippen LogP contribution in [0.2, 0.25) is 0 Å². The van der Waals surface area contributed by atoms with E-state index in [0.29, 0.717) is 0 Å². The molecule has 112 valence electrons. The van der Waals surface area contributed by atoms with Gasteiger partial charge in [0.1, 0.15) is 12.1 Å². The molecule has 0 aromatic rings. The van der Waals surface area contributed by atoms with Crippen molar-refractivity contribution in [1.82, 2.24) is 21.3 Å². The SMILES string of the molecule is CC(C)C1NC(=O)NC1=O.CC(C)C1NC(=O)NC1=O. The average molecular weight is 284 g/mol. The van der Waals surface area contributed by atoms with Crippen LogP contribution < -0.4 is 21.3 Å². The molecule has 2 fully saturated rings. The van der Waals surface area contributed by atoms with E-state index in [1.165, 1.54) is 0 Å². The molecule has 0 spiro atoms. The molecule has 0 bridgehead atoms. The predicted molar refractivity (Wildman–Crippen MR) is 70.6 cm³/mol. The maximum absolute atomic E-state index is 10.8. The van der Waals surface area contributed by atoms with Gasteiger partial charge in [0, 0.05) is 0 Å². The zero-order valence-corrected chi connectivity index (χ0v) is 11.9. The van der Waals surface area contributed by atoms with Gasteiger partial charge in [-0.15, -0.1) is 0 Å². The number of hydrogen-bond acceptors (Lipinski definition) is 4. The molecule has 0 aromatic heterocycles. The molecule has 2 aliphatic heterocycles. The highest BCUT2D eigenvalue weighted by Gasteiger charge is 2.32.